The number of carbonyl (C=O) groups excluding carboxylic acids is 2. The molecular formula is C16H26O4. The van der Waals surface area contributed by atoms with E-state index in [0.717, 1.165) is 11.1 Å². The fourth-order valence-corrected chi connectivity index (χ4v) is 1.84. The average Bonchev–Trinajstić information content (AvgIpc) is 2.36. The van der Waals surface area contributed by atoms with Crippen molar-refractivity contribution in [3.63, 3.8) is 0 Å². The quantitative estimate of drug-likeness (QED) is 0.389. The molecular weight excluding hydrogens is 256 g/mol. The minimum absolute atomic E-state index is 0.190. The van der Waals surface area contributed by atoms with Gasteiger partial charge in [0.1, 0.15) is 0 Å². The molecule has 0 aliphatic rings. The Bertz CT molecular complexity index is 378. The fourth-order valence-electron chi connectivity index (χ4n) is 1.84. The van der Waals surface area contributed by atoms with Gasteiger partial charge in [0.05, 0.1) is 13.2 Å². The molecule has 0 aromatic rings. The lowest BCUT2D eigenvalue weighted by molar-refractivity contribution is -0.143. The third-order valence-corrected chi connectivity index (χ3v) is 2.81. The number of hydrogen-bond donors (Lipinski definition) is 0. The van der Waals surface area contributed by atoms with E-state index in [1.165, 1.54) is 6.08 Å². The smallest absolute Gasteiger partial charge is 0.330 e. The first kappa shape index (κ1) is 18.4. The second-order valence-electron chi connectivity index (χ2n) is 4.78. The Kier molecular flexibility index (Phi) is 9.43. The molecule has 114 valence electrons. The monoisotopic (exact) mass is 282 g/mol. The molecule has 20 heavy (non-hydrogen) atoms. The maximum Gasteiger partial charge on any atom is 0.330 e. The molecule has 0 N–H and O–H groups in total. The second kappa shape index (κ2) is 10.2. The summed E-state index contributed by atoms with van der Waals surface area (Å²) in [6.07, 6.45) is 4.22. The maximum atomic E-state index is 11.4. The van der Waals surface area contributed by atoms with E-state index < -0.39 is 0 Å². The SMILES string of the molecule is CCOC(=O)/C=C/C(=C(/C)CCC(=O)OCC)C(C)C. The number of allylic oxidation sites excluding steroid dienone is 3. The van der Waals surface area contributed by atoms with Gasteiger partial charge in [0, 0.05) is 12.5 Å². The summed E-state index contributed by atoms with van der Waals surface area (Å²) >= 11 is 0. The van der Waals surface area contributed by atoms with Gasteiger partial charge in [0.2, 0.25) is 0 Å². The number of carbonyl (C=O) groups is 2. The van der Waals surface area contributed by atoms with Crippen molar-refractivity contribution in [2.75, 3.05) is 13.2 Å². The Labute approximate surface area is 121 Å². The number of hydrogen-bond acceptors (Lipinski definition) is 4. The van der Waals surface area contributed by atoms with Crippen molar-refractivity contribution in [2.45, 2.75) is 47.5 Å². The van der Waals surface area contributed by atoms with E-state index in [4.69, 9.17) is 9.47 Å². The predicted octanol–water partition coefficient (Wildman–Crippen LogP) is 3.42. The summed E-state index contributed by atoms with van der Waals surface area (Å²) < 4.78 is 9.77. The van der Waals surface area contributed by atoms with Gasteiger partial charge in [-0.3, -0.25) is 4.79 Å². The average molecular weight is 282 g/mol. The van der Waals surface area contributed by atoms with Crippen molar-refractivity contribution in [2.24, 2.45) is 5.92 Å². The van der Waals surface area contributed by atoms with Crippen LogP contribution in [0.3, 0.4) is 0 Å². The zero-order valence-electron chi connectivity index (χ0n) is 13.2. The highest BCUT2D eigenvalue weighted by Gasteiger charge is 2.08. The summed E-state index contributed by atoms with van der Waals surface area (Å²) in [6, 6.07) is 0. The molecule has 0 atom stereocenters. The minimum Gasteiger partial charge on any atom is -0.466 e. The molecule has 0 rings (SSSR count). The van der Waals surface area contributed by atoms with Gasteiger partial charge >= 0.3 is 11.9 Å². The zero-order chi connectivity index (χ0) is 15.5. The molecule has 0 spiro atoms. The number of ether oxygens (including phenoxy) is 2. The van der Waals surface area contributed by atoms with Crippen LogP contribution in [-0.4, -0.2) is 25.2 Å². The Hall–Kier alpha value is -1.58. The van der Waals surface area contributed by atoms with E-state index in [0.29, 0.717) is 26.1 Å². The second-order valence-corrected chi connectivity index (χ2v) is 4.78. The van der Waals surface area contributed by atoms with Gasteiger partial charge in [0.25, 0.3) is 0 Å². The van der Waals surface area contributed by atoms with Crippen molar-refractivity contribution in [3.05, 3.63) is 23.3 Å². The highest BCUT2D eigenvalue weighted by Crippen LogP contribution is 2.20. The lowest BCUT2D eigenvalue weighted by atomic mass is 9.95. The normalized spacial score (nSPS) is 12.5. The molecule has 0 radical (unpaired) electrons. The van der Waals surface area contributed by atoms with Crippen LogP contribution < -0.4 is 0 Å². The number of rotatable bonds is 8. The number of esters is 2. The molecule has 0 heterocycles. The summed E-state index contributed by atoms with van der Waals surface area (Å²) in [6.45, 7) is 10.4. The van der Waals surface area contributed by atoms with Crippen LogP contribution in [0.1, 0.15) is 47.5 Å². The molecule has 4 nitrogen and oxygen atoms in total. The van der Waals surface area contributed by atoms with Gasteiger partial charge < -0.3 is 9.47 Å². The third-order valence-electron chi connectivity index (χ3n) is 2.81. The Morgan fingerprint density at radius 1 is 1.00 bits per heavy atom. The molecule has 0 unspecified atom stereocenters. The van der Waals surface area contributed by atoms with E-state index in [2.05, 4.69) is 13.8 Å². The first-order valence-electron chi connectivity index (χ1n) is 7.12. The topological polar surface area (TPSA) is 52.6 Å². The van der Waals surface area contributed by atoms with Gasteiger partial charge in [0.15, 0.2) is 0 Å². The summed E-state index contributed by atoms with van der Waals surface area (Å²) in [5, 5.41) is 0. The van der Waals surface area contributed by atoms with Gasteiger partial charge in [-0.25, -0.2) is 4.79 Å². The Morgan fingerprint density at radius 2 is 1.60 bits per heavy atom. The van der Waals surface area contributed by atoms with Crippen LogP contribution >= 0.6 is 0 Å². The molecule has 0 saturated carbocycles. The van der Waals surface area contributed by atoms with Crippen molar-refractivity contribution < 1.29 is 19.1 Å². The van der Waals surface area contributed by atoms with Crippen LogP contribution in [0.15, 0.2) is 23.3 Å². The van der Waals surface area contributed by atoms with Crippen LogP contribution in [0.25, 0.3) is 0 Å². The minimum atomic E-state index is -0.344. The summed E-state index contributed by atoms with van der Waals surface area (Å²) in [7, 11) is 0. The molecule has 0 amide bonds. The van der Waals surface area contributed by atoms with Gasteiger partial charge in [-0.15, -0.1) is 0 Å². The van der Waals surface area contributed by atoms with E-state index in [1.54, 1.807) is 19.9 Å². The summed E-state index contributed by atoms with van der Waals surface area (Å²) in [4.78, 5) is 22.7. The molecule has 0 aliphatic heterocycles. The standard InChI is InChI=1S/C16H26O4/c1-6-19-15(17)10-8-13(5)14(12(3)4)9-11-16(18)20-7-2/h9,11-12H,6-8,10H2,1-5H3/b11-9+,14-13+. The van der Waals surface area contributed by atoms with Gasteiger partial charge in [-0.05, 0) is 38.7 Å². The van der Waals surface area contributed by atoms with Crippen LogP contribution in [0.4, 0.5) is 0 Å². The van der Waals surface area contributed by atoms with Crippen LogP contribution in [0.2, 0.25) is 0 Å². The van der Waals surface area contributed by atoms with Crippen LogP contribution in [0.5, 0.6) is 0 Å². The molecule has 0 fully saturated rings. The van der Waals surface area contributed by atoms with Gasteiger partial charge in [-0.2, -0.15) is 0 Å². The van der Waals surface area contributed by atoms with Crippen molar-refractivity contribution in [1.29, 1.82) is 0 Å². The Morgan fingerprint density at radius 3 is 2.10 bits per heavy atom. The van der Waals surface area contributed by atoms with Gasteiger partial charge in [-0.1, -0.05) is 25.5 Å². The summed E-state index contributed by atoms with van der Waals surface area (Å²) in [5.41, 5.74) is 2.15. The molecule has 0 saturated heterocycles. The molecule has 0 aromatic heterocycles. The highest BCUT2D eigenvalue weighted by atomic mass is 16.5. The van der Waals surface area contributed by atoms with E-state index in [-0.39, 0.29) is 17.9 Å². The van der Waals surface area contributed by atoms with E-state index >= 15 is 0 Å². The third kappa shape index (κ3) is 7.77. The van der Waals surface area contributed by atoms with Crippen molar-refractivity contribution in [1.82, 2.24) is 0 Å². The predicted molar refractivity (Wildman–Crippen MR) is 79.2 cm³/mol. The lowest BCUT2D eigenvalue weighted by Crippen LogP contribution is -2.05. The maximum absolute atomic E-state index is 11.4. The Balaban J connectivity index is 4.73. The summed E-state index contributed by atoms with van der Waals surface area (Å²) in [5.74, 6) is -0.254. The van der Waals surface area contributed by atoms with Crippen molar-refractivity contribution in [3.8, 4) is 0 Å². The zero-order valence-corrected chi connectivity index (χ0v) is 13.2. The molecule has 0 bridgehead atoms. The van der Waals surface area contributed by atoms with Crippen LogP contribution in [0, 0.1) is 5.92 Å². The molecule has 0 aliphatic carbocycles. The van der Waals surface area contributed by atoms with Crippen molar-refractivity contribution >= 4 is 11.9 Å². The van der Waals surface area contributed by atoms with E-state index in [1.807, 2.05) is 6.92 Å². The first-order chi connectivity index (χ1) is 9.42. The van der Waals surface area contributed by atoms with Crippen LogP contribution in [-0.2, 0) is 19.1 Å². The first-order valence-corrected chi connectivity index (χ1v) is 7.12. The fraction of sp³-hybridized carbons (Fsp3) is 0.625. The molecule has 0 aromatic carbocycles. The highest BCUT2D eigenvalue weighted by molar-refractivity contribution is 5.82. The molecule has 4 heteroatoms. The lowest BCUT2D eigenvalue weighted by Gasteiger charge is -2.12. The largest absolute Gasteiger partial charge is 0.466 e. The van der Waals surface area contributed by atoms with E-state index in [9.17, 15) is 9.59 Å².